The number of piperazine rings is 1. The molecule has 0 aliphatic carbocycles. The molecule has 2 aromatic carbocycles. The molecule has 30 heavy (non-hydrogen) atoms. The Kier molecular flexibility index (Phi) is 6.66. The summed E-state index contributed by atoms with van der Waals surface area (Å²) in [5, 5.41) is 0. The first kappa shape index (κ1) is 22.9. The third-order valence-electron chi connectivity index (χ3n) is 5.09. The minimum atomic E-state index is -3.92. The fourth-order valence-corrected chi connectivity index (χ4v) is 6.48. The van der Waals surface area contributed by atoms with Crippen molar-refractivity contribution in [2.45, 2.75) is 36.1 Å². The van der Waals surface area contributed by atoms with Gasteiger partial charge in [0.25, 0.3) is 0 Å². The van der Waals surface area contributed by atoms with E-state index >= 15 is 0 Å². The Bertz CT molecular complexity index is 994. The fourth-order valence-electron chi connectivity index (χ4n) is 3.41. The molecule has 1 saturated heterocycles. The Morgan fingerprint density at radius 3 is 1.23 bits per heavy atom. The van der Waals surface area contributed by atoms with Gasteiger partial charge in [-0.2, -0.15) is 8.61 Å². The predicted molar refractivity (Wildman–Crippen MR) is 112 cm³/mol. The Morgan fingerprint density at radius 2 is 0.967 bits per heavy atom. The van der Waals surface area contributed by atoms with Crippen molar-refractivity contribution >= 4 is 20.0 Å². The van der Waals surface area contributed by atoms with Crippen LogP contribution >= 0.6 is 0 Å². The van der Waals surface area contributed by atoms with Crippen molar-refractivity contribution in [3.05, 3.63) is 59.7 Å². The van der Waals surface area contributed by atoms with E-state index in [9.17, 15) is 16.8 Å². The molecule has 1 aliphatic heterocycles. The molecule has 0 N–H and O–H groups in total. The Balaban J connectivity index is 1.97. The number of aryl methyl sites for hydroxylation is 2. The molecule has 0 aromatic heterocycles. The van der Waals surface area contributed by atoms with Gasteiger partial charge in [0.15, 0.2) is 12.5 Å². The number of methoxy groups -OCH3 is 2. The highest BCUT2D eigenvalue weighted by atomic mass is 32.2. The van der Waals surface area contributed by atoms with Crippen molar-refractivity contribution in [3.63, 3.8) is 0 Å². The van der Waals surface area contributed by atoms with Gasteiger partial charge in [0.2, 0.25) is 20.0 Å². The molecular weight excluding hydrogens is 428 g/mol. The van der Waals surface area contributed by atoms with Gasteiger partial charge in [-0.1, -0.05) is 35.4 Å². The highest BCUT2D eigenvalue weighted by Crippen LogP contribution is 2.30. The molecule has 1 heterocycles. The summed E-state index contributed by atoms with van der Waals surface area (Å²) in [7, 11) is -5.17. The second-order valence-electron chi connectivity index (χ2n) is 7.11. The molecule has 1 aliphatic rings. The van der Waals surface area contributed by atoms with Crippen molar-refractivity contribution in [2.24, 2.45) is 0 Å². The van der Waals surface area contributed by atoms with Crippen LogP contribution in [0.15, 0.2) is 58.3 Å². The zero-order valence-corrected chi connectivity index (χ0v) is 19.0. The van der Waals surface area contributed by atoms with Crippen LogP contribution in [0.1, 0.15) is 11.1 Å². The first-order chi connectivity index (χ1) is 14.1. The largest absolute Gasteiger partial charge is 0.361 e. The molecule has 0 radical (unpaired) electrons. The highest BCUT2D eigenvalue weighted by molar-refractivity contribution is 7.89. The number of rotatable bonds is 6. The monoisotopic (exact) mass is 454 g/mol. The Labute approximate surface area is 178 Å². The van der Waals surface area contributed by atoms with Crippen LogP contribution in [0, 0.1) is 13.8 Å². The minimum absolute atomic E-state index is 0.0698. The van der Waals surface area contributed by atoms with E-state index in [1.807, 2.05) is 13.8 Å². The van der Waals surface area contributed by atoms with Crippen LogP contribution in [0.2, 0.25) is 0 Å². The van der Waals surface area contributed by atoms with Crippen LogP contribution in [-0.2, 0) is 29.5 Å². The quantitative estimate of drug-likeness (QED) is 0.662. The summed E-state index contributed by atoms with van der Waals surface area (Å²) < 4.78 is 66.0. The van der Waals surface area contributed by atoms with Crippen LogP contribution in [0.25, 0.3) is 0 Å². The van der Waals surface area contributed by atoms with Crippen molar-refractivity contribution in [1.29, 1.82) is 0 Å². The zero-order chi connectivity index (χ0) is 22.1. The van der Waals surface area contributed by atoms with Gasteiger partial charge in [-0.25, -0.2) is 16.8 Å². The molecule has 10 heteroatoms. The predicted octanol–water partition coefficient (Wildman–Crippen LogP) is 1.94. The molecular formula is C20H26N2O6S2. The molecule has 0 saturated carbocycles. The first-order valence-corrected chi connectivity index (χ1v) is 12.2. The van der Waals surface area contributed by atoms with Crippen LogP contribution in [0.4, 0.5) is 0 Å². The van der Waals surface area contributed by atoms with Crippen LogP contribution < -0.4 is 0 Å². The van der Waals surface area contributed by atoms with E-state index < -0.39 is 32.5 Å². The topological polar surface area (TPSA) is 93.2 Å². The standard InChI is InChI=1S/C20H26N2O6S2/c1-15-5-9-17(10-6-15)29(23,24)21-13-14-22(20(28-4)19(21)27-3)30(25,26)18-11-7-16(2)8-12-18/h5-12,19-20H,13-14H2,1-4H3/t19-,20-/m0/s1. The van der Waals surface area contributed by atoms with E-state index in [1.165, 1.54) is 38.5 Å². The lowest BCUT2D eigenvalue weighted by atomic mass is 10.2. The summed E-state index contributed by atoms with van der Waals surface area (Å²) in [6.07, 6.45) is -2.29. The third kappa shape index (κ3) is 4.16. The summed E-state index contributed by atoms with van der Waals surface area (Å²) >= 11 is 0. The molecule has 3 rings (SSSR count). The van der Waals surface area contributed by atoms with Gasteiger partial charge in [-0.15, -0.1) is 0 Å². The van der Waals surface area contributed by atoms with E-state index in [-0.39, 0.29) is 22.9 Å². The number of sulfonamides is 2. The maximum atomic E-state index is 13.2. The summed E-state index contributed by atoms with van der Waals surface area (Å²) in [6.45, 7) is 3.59. The van der Waals surface area contributed by atoms with Crippen LogP contribution in [0.3, 0.4) is 0 Å². The van der Waals surface area contributed by atoms with Crippen molar-refractivity contribution in [3.8, 4) is 0 Å². The molecule has 8 nitrogen and oxygen atoms in total. The molecule has 0 unspecified atom stereocenters. The lowest BCUT2D eigenvalue weighted by molar-refractivity contribution is -0.153. The normalized spacial score (nSPS) is 21.6. The molecule has 1 fully saturated rings. The van der Waals surface area contributed by atoms with Gasteiger partial charge in [-0.3, -0.25) is 0 Å². The number of hydrogen-bond acceptors (Lipinski definition) is 6. The van der Waals surface area contributed by atoms with Gasteiger partial charge in [0.05, 0.1) is 9.79 Å². The van der Waals surface area contributed by atoms with E-state index in [0.29, 0.717) is 0 Å². The number of ether oxygens (including phenoxy) is 2. The van der Waals surface area contributed by atoms with E-state index in [2.05, 4.69) is 0 Å². The molecule has 164 valence electrons. The van der Waals surface area contributed by atoms with Crippen LogP contribution in [-0.4, -0.2) is 65.2 Å². The number of benzene rings is 2. The van der Waals surface area contributed by atoms with Gasteiger partial charge < -0.3 is 9.47 Å². The number of hydrogen-bond donors (Lipinski definition) is 0. The molecule has 0 bridgehead atoms. The molecule has 2 aromatic rings. The Hall–Kier alpha value is -1.82. The van der Waals surface area contributed by atoms with E-state index in [0.717, 1.165) is 19.7 Å². The minimum Gasteiger partial charge on any atom is -0.361 e. The maximum Gasteiger partial charge on any atom is 0.245 e. The second-order valence-corrected chi connectivity index (χ2v) is 10.9. The average molecular weight is 455 g/mol. The lowest BCUT2D eigenvalue weighted by Crippen LogP contribution is -2.63. The van der Waals surface area contributed by atoms with Gasteiger partial charge in [-0.05, 0) is 38.1 Å². The van der Waals surface area contributed by atoms with Crippen LogP contribution in [0.5, 0.6) is 0 Å². The summed E-state index contributed by atoms with van der Waals surface area (Å²) in [5.74, 6) is 0. The first-order valence-electron chi connectivity index (χ1n) is 9.35. The van der Waals surface area contributed by atoms with Crippen molar-refractivity contribution in [2.75, 3.05) is 27.3 Å². The molecule has 0 amide bonds. The summed E-state index contributed by atoms with van der Waals surface area (Å²) in [6, 6.07) is 12.9. The smallest absolute Gasteiger partial charge is 0.245 e. The summed E-state index contributed by atoms with van der Waals surface area (Å²) in [4.78, 5) is 0.222. The molecule has 0 spiro atoms. The van der Waals surface area contributed by atoms with Crippen molar-refractivity contribution < 1.29 is 26.3 Å². The fraction of sp³-hybridized carbons (Fsp3) is 0.400. The van der Waals surface area contributed by atoms with Gasteiger partial charge in [0, 0.05) is 27.3 Å². The zero-order valence-electron chi connectivity index (χ0n) is 17.3. The third-order valence-corrected chi connectivity index (χ3v) is 8.84. The summed E-state index contributed by atoms with van der Waals surface area (Å²) in [5.41, 5.74) is 1.86. The van der Waals surface area contributed by atoms with E-state index in [4.69, 9.17) is 9.47 Å². The highest BCUT2D eigenvalue weighted by Gasteiger charge is 2.47. The van der Waals surface area contributed by atoms with Crippen molar-refractivity contribution in [1.82, 2.24) is 8.61 Å². The second kappa shape index (κ2) is 8.74. The SMILES string of the molecule is CO[C@H]1[C@H](OC)N(S(=O)(=O)c2ccc(C)cc2)CCN1S(=O)(=O)c1ccc(C)cc1. The van der Waals surface area contributed by atoms with Gasteiger partial charge >= 0.3 is 0 Å². The average Bonchev–Trinajstić information content (AvgIpc) is 2.73. The van der Waals surface area contributed by atoms with Gasteiger partial charge in [0.1, 0.15) is 0 Å². The number of nitrogens with zero attached hydrogens (tertiary/aromatic N) is 2. The lowest BCUT2D eigenvalue weighted by Gasteiger charge is -2.43. The van der Waals surface area contributed by atoms with E-state index in [1.54, 1.807) is 24.3 Å². The Morgan fingerprint density at radius 1 is 0.667 bits per heavy atom. The maximum absolute atomic E-state index is 13.2. The molecule has 2 atom stereocenters.